The topological polar surface area (TPSA) is 95.0 Å². The minimum absolute atomic E-state index is 0.0475. The lowest BCUT2D eigenvalue weighted by atomic mass is 9.87. The molecule has 0 spiro atoms. The van der Waals surface area contributed by atoms with Crippen LogP contribution in [0.25, 0.3) is 10.9 Å². The van der Waals surface area contributed by atoms with E-state index in [2.05, 4.69) is 28.9 Å². The molecule has 1 aliphatic heterocycles. The van der Waals surface area contributed by atoms with Crippen LogP contribution in [-0.2, 0) is 15.8 Å². The molecule has 8 heteroatoms. The van der Waals surface area contributed by atoms with Crippen LogP contribution in [0, 0.1) is 12.8 Å². The number of H-pyrrole nitrogens is 1. The fraction of sp³-hybridized carbons (Fsp3) is 0.417. The molecule has 0 bridgehead atoms. The van der Waals surface area contributed by atoms with Crippen molar-refractivity contribution in [3.63, 3.8) is 0 Å². The summed E-state index contributed by atoms with van der Waals surface area (Å²) in [4.78, 5) is 24.7. The lowest BCUT2D eigenvalue weighted by molar-refractivity contribution is 0.0580. The van der Waals surface area contributed by atoms with Crippen molar-refractivity contribution < 1.29 is 23.8 Å². The molecule has 0 aliphatic carbocycles. The highest BCUT2D eigenvalue weighted by atomic mass is 31.2. The molecule has 32 heavy (non-hydrogen) atoms. The van der Waals surface area contributed by atoms with Crippen LogP contribution in [0.3, 0.4) is 0 Å². The van der Waals surface area contributed by atoms with Crippen molar-refractivity contribution >= 4 is 23.8 Å². The van der Waals surface area contributed by atoms with Gasteiger partial charge in [0.1, 0.15) is 5.75 Å². The first-order chi connectivity index (χ1) is 15.3. The number of hydrogen-bond acceptors (Lipinski definition) is 4. The molecule has 1 aliphatic rings. The molecule has 0 saturated carbocycles. The molecule has 2 atom stereocenters. The molecule has 0 radical (unpaired) electrons. The zero-order valence-electron chi connectivity index (χ0n) is 18.7. The monoisotopic (exact) mass is 458 g/mol. The summed E-state index contributed by atoms with van der Waals surface area (Å²) < 4.78 is 22.8. The lowest BCUT2D eigenvalue weighted by Crippen LogP contribution is -2.37. The Morgan fingerprint density at radius 3 is 2.59 bits per heavy atom. The van der Waals surface area contributed by atoms with Gasteiger partial charge in [-0.05, 0) is 67.6 Å². The van der Waals surface area contributed by atoms with Crippen molar-refractivity contribution in [1.29, 1.82) is 0 Å². The Hall–Kier alpha value is -2.15. The molecule has 172 valence electrons. The minimum atomic E-state index is -4.26. The number of ether oxygens (including phenoxy) is 2. The summed E-state index contributed by atoms with van der Waals surface area (Å²) in [5.74, 6) is 1.32. The van der Waals surface area contributed by atoms with Gasteiger partial charge in [-0.3, -0.25) is 9.46 Å². The second-order valence-corrected chi connectivity index (χ2v) is 10.2. The van der Waals surface area contributed by atoms with Crippen molar-refractivity contribution in [2.45, 2.75) is 32.4 Å². The maximum atomic E-state index is 11.6. The number of piperidine rings is 1. The van der Waals surface area contributed by atoms with E-state index in [0.29, 0.717) is 12.5 Å². The van der Waals surface area contributed by atoms with E-state index in [1.54, 1.807) is 26.4 Å². The van der Waals surface area contributed by atoms with Gasteiger partial charge in [-0.15, -0.1) is 0 Å². The summed E-state index contributed by atoms with van der Waals surface area (Å²) in [7, 11) is -0.820. The first-order valence-corrected chi connectivity index (χ1v) is 12.5. The molecule has 2 aromatic carbocycles. The lowest BCUT2D eigenvalue weighted by Gasteiger charge is -2.40. The summed E-state index contributed by atoms with van der Waals surface area (Å²) >= 11 is 0. The fourth-order valence-corrected chi connectivity index (χ4v) is 5.42. The van der Waals surface area contributed by atoms with Crippen LogP contribution in [0.5, 0.6) is 5.75 Å². The number of rotatable bonds is 7. The smallest absolute Gasteiger partial charge is 0.356 e. The number of likely N-dealkylation sites (tertiary alicyclic amines) is 1. The Labute approximate surface area is 188 Å². The van der Waals surface area contributed by atoms with Gasteiger partial charge < -0.3 is 24.2 Å². The Kier molecular flexibility index (Phi) is 6.75. The van der Waals surface area contributed by atoms with E-state index in [9.17, 15) is 14.4 Å². The average molecular weight is 458 g/mol. The van der Waals surface area contributed by atoms with Gasteiger partial charge in [0.2, 0.25) is 0 Å². The third kappa shape index (κ3) is 4.63. The highest BCUT2D eigenvalue weighted by Crippen LogP contribution is 2.40. The van der Waals surface area contributed by atoms with Crippen molar-refractivity contribution in [3.8, 4) is 5.75 Å². The second kappa shape index (κ2) is 9.38. The minimum Gasteiger partial charge on any atom is -0.496 e. The van der Waals surface area contributed by atoms with Crippen LogP contribution in [0.2, 0.25) is 0 Å². The Morgan fingerprint density at radius 1 is 1.19 bits per heavy atom. The quantitative estimate of drug-likeness (QED) is 0.465. The first-order valence-electron chi connectivity index (χ1n) is 10.8. The molecule has 1 saturated heterocycles. The molecule has 1 fully saturated rings. The number of nitrogens with zero attached hydrogens (tertiary/aromatic N) is 1. The number of fused-ring (bicyclic) bond motifs is 1. The van der Waals surface area contributed by atoms with Gasteiger partial charge in [-0.25, -0.2) is 0 Å². The molecular formula is C24H31N2O5P. The SMILES string of the molecule is COCC1CCN(Cc2c(OC)cc(C)c3[nH]ccc23)[C@H](c2ccc(P(=O)(O)O)cc2)C1. The third-order valence-electron chi connectivity index (χ3n) is 6.53. The molecular weight excluding hydrogens is 427 g/mol. The Bertz CT molecular complexity index is 1120. The van der Waals surface area contributed by atoms with Gasteiger partial charge in [0.25, 0.3) is 0 Å². The molecule has 0 amide bonds. The van der Waals surface area contributed by atoms with Gasteiger partial charge in [0, 0.05) is 49.0 Å². The van der Waals surface area contributed by atoms with Crippen molar-refractivity contribution in [1.82, 2.24) is 9.88 Å². The summed E-state index contributed by atoms with van der Waals surface area (Å²) in [6.07, 6.45) is 3.92. The highest BCUT2D eigenvalue weighted by Gasteiger charge is 2.31. The normalized spacial score (nSPS) is 20.0. The van der Waals surface area contributed by atoms with E-state index in [1.165, 1.54) is 0 Å². The van der Waals surface area contributed by atoms with Gasteiger partial charge in [-0.2, -0.15) is 0 Å². The molecule has 1 aromatic heterocycles. The molecule has 2 heterocycles. The van der Waals surface area contributed by atoms with Gasteiger partial charge >= 0.3 is 7.60 Å². The van der Waals surface area contributed by atoms with Crippen LogP contribution in [0.1, 0.15) is 35.6 Å². The predicted molar refractivity (Wildman–Crippen MR) is 125 cm³/mol. The van der Waals surface area contributed by atoms with Gasteiger partial charge in [0.15, 0.2) is 0 Å². The van der Waals surface area contributed by atoms with Crippen molar-refractivity contribution in [2.75, 3.05) is 27.4 Å². The number of benzene rings is 2. The Balaban J connectivity index is 1.69. The third-order valence-corrected chi connectivity index (χ3v) is 7.50. The number of aromatic amines is 1. The molecule has 3 N–H and O–H groups in total. The zero-order valence-corrected chi connectivity index (χ0v) is 19.6. The van der Waals surface area contributed by atoms with Gasteiger partial charge in [-0.1, -0.05) is 12.1 Å². The van der Waals surface area contributed by atoms with E-state index in [0.717, 1.165) is 59.3 Å². The standard InChI is InChI=1S/C24H31N2O5P/c1-16-12-23(31-3)21(20-8-10-25-24(16)20)14-26-11-9-17(15-30-2)13-22(26)18-4-6-19(7-5-18)32(27,28)29/h4-8,10,12,17,22,25H,9,11,13-15H2,1-3H3,(H2,27,28,29)/t17?,22-/m0/s1. The summed E-state index contributed by atoms with van der Waals surface area (Å²) in [5, 5.41) is 1.21. The van der Waals surface area contributed by atoms with Crippen LogP contribution in [0.15, 0.2) is 42.6 Å². The first kappa shape index (κ1) is 23.0. The van der Waals surface area contributed by atoms with Crippen molar-refractivity contribution in [3.05, 3.63) is 59.3 Å². The molecule has 1 unspecified atom stereocenters. The van der Waals surface area contributed by atoms with Crippen LogP contribution < -0.4 is 10.0 Å². The summed E-state index contributed by atoms with van der Waals surface area (Å²) in [6, 6.07) is 11.1. The van der Waals surface area contributed by atoms with Crippen LogP contribution in [-0.4, -0.2) is 47.0 Å². The van der Waals surface area contributed by atoms with Crippen molar-refractivity contribution in [2.24, 2.45) is 5.92 Å². The highest BCUT2D eigenvalue weighted by molar-refractivity contribution is 7.60. The molecule has 3 aromatic rings. The zero-order chi connectivity index (χ0) is 22.9. The van der Waals surface area contributed by atoms with E-state index >= 15 is 0 Å². The maximum Gasteiger partial charge on any atom is 0.356 e. The van der Waals surface area contributed by atoms with E-state index in [-0.39, 0.29) is 11.3 Å². The fourth-order valence-electron chi connectivity index (χ4n) is 4.88. The summed E-state index contributed by atoms with van der Waals surface area (Å²) in [6.45, 7) is 4.41. The second-order valence-electron chi connectivity index (χ2n) is 8.61. The Morgan fingerprint density at radius 2 is 1.94 bits per heavy atom. The number of nitrogens with one attached hydrogen (secondary N) is 1. The average Bonchev–Trinajstić information content (AvgIpc) is 3.27. The number of aryl methyl sites for hydroxylation is 1. The van der Waals surface area contributed by atoms with Crippen LogP contribution >= 0.6 is 7.60 Å². The van der Waals surface area contributed by atoms with Crippen LogP contribution in [0.4, 0.5) is 0 Å². The number of aromatic nitrogens is 1. The number of hydrogen-bond donors (Lipinski definition) is 3. The predicted octanol–water partition coefficient (Wildman–Crippen LogP) is 3.89. The summed E-state index contributed by atoms with van der Waals surface area (Å²) in [5.41, 5.74) is 4.47. The van der Waals surface area contributed by atoms with Gasteiger partial charge in [0.05, 0.1) is 12.4 Å². The number of methoxy groups -OCH3 is 2. The molecule has 4 rings (SSSR count). The molecule has 7 nitrogen and oxygen atoms in total. The van der Waals surface area contributed by atoms with E-state index in [1.807, 2.05) is 18.3 Å². The van der Waals surface area contributed by atoms with E-state index in [4.69, 9.17) is 9.47 Å². The largest absolute Gasteiger partial charge is 0.496 e. The maximum absolute atomic E-state index is 11.6. The van der Waals surface area contributed by atoms with E-state index < -0.39 is 7.60 Å².